The van der Waals surface area contributed by atoms with Crippen molar-refractivity contribution in [2.45, 2.75) is 25.7 Å². The van der Waals surface area contributed by atoms with Gasteiger partial charge in [0, 0.05) is 5.92 Å². The van der Waals surface area contributed by atoms with E-state index in [4.69, 9.17) is 16.3 Å². The zero-order chi connectivity index (χ0) is 9.26. The molecule has 0 aliphatic carbocycles. The van der Waals surface area contributed by atoms with E-state index in [-0.39, 0.29) is 0 Å². The van der Waals surface area contributed by atoms with E-state index in [0.717, 1.165) is 30.9 Å². The predicted octanol–water partition coefficient (Wildman–Crippen LogP) is 3.01. The number of hydrogen-bond acceptors (Lipinski definition) is 2. The van der Waals surface area contributed by atoms with Gasteiger partial charge in [-0.2, -0.15) is 0 Å². The summed E-state index contributed by atoms with van der Waals surface area (Å²) in [5.41, 5.74) is 1.03. The molecule has 2 nitrogen and oxygen atoms in total. The highest BCUT2D eigenvalue weighted by molar-refractivity contribution is 6.29. The van der Waals surface area contributed by atoms with Gasteiger partial charge in [-0.25, -0.2) is 4.98 Å². The maximum absolute atomic E-state index is 5.83. The molecule has 1 aromatic heterocycles. The van der Waals surface area contributed by atoms with Gasteiger partial charge in [-0.1, -0.05) is 18.5 Å². The van der Waals surface area contributed by atoms with Crippen LogP contribution in [0.25, 0.3) is 0 Å². The Morgan fingerprint density at radius 3 is 3.23 bits per heavy atom. The molecule has 1 aromatic rings. The first kappa shape index (κ1) is 8.82. The predicted molar refractivity (Wildman–Crippen MR) is 52.4 cm³/mol. The lowest BCUT2D eigenvalue weighted by Crippen LogP contribution is -2.15. The monoisotopic (exact) mass is 197 g/mol. The molecule has 70 valence electrons. The highest BCUT2D eigenvalue weighted by Crippen LogP contribution is 2.34. The third kappa shape index (κ3) is 1.63. The SMILES string of the molecule is CCC1CCOc2ccc(Cl)nc21. The lowest BCUT2D eigenvalue weighted by Gasteiger charge is -2.23. The maximum Gasteiger partial charge on any atom is 0.141 e. The van der Waals surface area contributed by atoms with Gasteiger partial charge in [-0.15, -0.1) is 0 Å². The van der Waals surface area contributed by atoms with Crippen molar-refractivity contribution in [3.8, 4) is 5.75 Å². The molecule has 1 aliphatic rings. The third-order valence-electron chi connectivity index (χ3n) is 2.46. The maximum atomic E-state index is 5.83. The molecule has 1 unspecified atom stereocenters. The zero-order valence-corrected chi connectivity index (χ0v) is 8.34. The number of hydrogen-bond donors (Lipinski definition) is 0. The number of pyridine rings is 1. The van der Waals surface area contributed by atoms with Crippen molar-refractivity contribution in [3.63, 3.8) is 0 Å². The van der Waals surface area contributed by atoms with Gasteiger partial charge < -0.3 is 4.74 Å². The minimum Gasteiger partial charge on any atom is -0.492 e. The van der Waals surface area contributed by atoms with Crippen LogP contribution >= 0.6 is 11.6 Å². The molecule has 1 atom stereocenters. The molecule has 0 saturated heterocycles. The van der Waals surface area contributed by atoms with E-state index in [0.29, 0.717) is 11.1 Å². The van der Waals surface area contributed by atoms with Crippen molar-refractivity contribution in [1.82, 2.24) is 4.98 Å². The molecule has 0 fully saturated rings. The molecule has 0 saturated carbocycles. The topological polar surface area (TPSA) is 22.1 Å². The Kier molecular flexibility index (Phi) is 2.40. The van der Waals surface area contributed by atoms with E-state index in [1.807, 2.05) is 6.07 Å². The van der Waals surface area contributed by atoms with Crippen LogP contribution in [0.4, 0.5) is 0 Å². The summed E-state index contributed by atoms with van der Waals surface area (Å²) in [6, 6.07) is 3.69. The summed E-state index contributed by atoms with van der Waals surface area (Å²) in [7, 11) is 0. The van der Waals surface area contributed by atoms with Gasteiger partial charge in [0.05, 0.1) is 12.3 Å². The van der Waals surface area contributed by atoms with Crippen molar-refractivity contribution in [2.24, 2.45) is 0 Å². The molecule has 13 heavy (non-hydrogen) atoms. The van der Waals surface area contributed by atoms with Crippen molar-refractivity contribution in [1.29, 1.82) is 0 Å². The average molecular weight is 198 g/mol. The fourth-order valence-corrected chi connectivity index (χ4v) is 1.85. The quantitative estimate of drug-likeness (QED) is 0.646. The van der Waals surface area contributed by atoms with Gasteiger partial charge in [0.25, 0.3) is 0 Å². The number of fused-ring (bicyclic) bond motifs is 1. The van der Waals surface area contributed by atoms with Crippen LogP contribution in [0.5, 0.6) is 5.75 Å². The summed E-state index contributed by atoms with van der Waals surface area (Å²) < 4.78 is 5.49. The second-order valence-electron chi connectivity index (χ2n) is 3.26. The van der Waals surface area contributed by atoms with Gasteiger partial charge in [0.1, 0.15) is 10.9 Å². The first-order chi connectivity index (χ1) is 6.31. The minimum atomic E-state index is 0.516. The van der Waals surface area contributed by atoms with Crippen LogP contribution in [0.2, 0.25) is 5.15 Å². The smallest absolute Gasteiger partial charge is 0.141 e. The van der Waals surface area contributed by atoms with E-state index < -0.39 is 0 Å². The molecule has 0 aromatic carbocycles. The lowest BCUT2D eigenvalue weighted by atomic mass is 9.96. The van der Waals surface area contributed by atoms with E-state index in [2.05, 4.69) is 11.9 Å². The minimum absolute atomic E-state index is 0.516. The number of rotatable bonds is 1. The van der Waals surface area contributed by atoms with E-state index in [1.54, 1.807) is 6.07 Å². The summed E-state index contributed by atoms with van der Waals surface area (Å²) in [5.74, 6) is 1.42. The average Bonchev–Trinajstić information content (AvgIpc) is 2.17. The van der Waals surface area contributed by atoms with Gasteiger partial charge in [-0.3, -0.25) is 0 Å². The number of ether oxygens (including phenoxy) is 1. The summed E-state index contributed by atoms with van der Waals surface area (Å²) in [6.45, 7) is 2.97. The molecule has 2 heterocycles. The second-order valence-corrected chi connectivity index (χ2v) is 3.65. The van der Waals surface area contributed by atoms with Crippen molar-refractivity contribution < 1.29 is 4.74 Å². The van der Waals surface area contributed by atoms with Crippen LogP contribution in [-0.4, -0.2) is 11.6 Å². The number of nitrogens with zero attached hydrogens (tertiary/aromatic N) is 1. The first-order valence-corrected chi connectivity index (χ1v) is 4.98. The van der Waals surface area contributed by atoms with Crippen LogP contribution in [0, 0.1) is 0 Å². The molecule has 0 bridgehead atoms. The Balaban J connectivity index is 2.41. The Labute approximate surface area is 82.9 Å². The normalized spacial score (nSPS) is 20.6. The van der Waals surface area contributed by atoms with Gasteiger partial charge in [-0.05, 0) is 25.0 Å². The third-order valence-corrected chi connectivity index (χ3v) is 2.67. The fraction of sp³-hybridized carbons (Fsp3) is 0.500. The largest absolute Gasteiger partial charge is 0.492 e. The zero-order valence-electron chi connectivity index (χ0n) is 7.59. The van der Waals surface area contributed by atoms with Gasteiger partial charge in [0.2, 0.25) is 0 Å². The van der Waals surface area contributed by atoms with Gasteiger partial charge in [0.15, 0.2) is 0 Å². The second kappa shape index (κ2) is 3.54. The molecule has 3 heteroatoms. The molecule has 0 radical (unpaired) electrons. The molecule has 0 N–H and O–H groups in total. The molecule has 2 rings (SSSR count). The molecule has 0 spiro atoms. The Morgan fingerprint density at radius 1 is 1.62 bits per heavy atom. The molecule has 1 aliphatic heterocycles. The Hall–Kier alpha value is -0.760. The van der Waals surface area contributed by atoms with Crippen LogP contribution in [0.3, 0.4) is 0 Å². The summed E-state index contributed by atoms with van der Waals surface area (Å²) >= 11 is 5.83. The van der Waals surface area contributed by atoms with E-state index >= 15 is 0 Å². The van der Waals surface area contributed by atoms with Crippen LogP contribution in [0.15, 0.2) is 12.1 Å². The first-order valence-electron chi connectivity index (χ1n) is 4.60. The van der Waals surface area contributed by atoms with Gasteiger partial charge >= 0.3 is 0 Å². The van der Waals surface area contributed by atoms with Crippen molar-refractivity contribution >= 4 is 11.6 Å². The molecular formula is C10H12ClNO. The number of halogens is 1. The standard InChI is InChI=1S/C10H12ClNO/c1-2-7-5-6-13-8-3-4-9(11)12-10(7)8/h3-4,7H,2,5-6H2,1H3. The highest BCUT2D eigenvalue weighted by Gasteiger charge is 2.21. The molecular weight excluding hydrogens is 186 g/mol. The summed E-state index contributed by atoms with van der Waals surface area (Å²) in [6.07, 6.45) is 2.15. The van der Waals surface area contributed by atoms with Crippen LogP contribution in [-0.2, 0) is 0 Å². The molecule has 0 amide bonds. The fourth-order valence-electron chi connectivity index (χ4n) is 1.70. The summed E-state index contributed by atoms with van der Waals surface area (Å²) in [5, 5.41) is 0.558. The van der Waals surface area contributed by atoms with E-state index in [1.165, 1.54) is 0 Å². The van der Waals surface area contributed by atoms with E-state index in [9.17, 15) is 0 Å². The Morgan fingerprint density at radius 2 is 2.46 bits per heavy atom. The van der Waals surface area contributed by atoms with Crippen LogP contribution in [0.1, 0.15) is 31.4 Å². The van der Waals surface area contributed by atoms with Crippen LogP contribution < -0.4 is 4.74 Å². The Bertz CT molecular complexity index is 314. The number of aromatic nitrogens is 1. The lowest BCUT2D eigenvalue weighted by molar-refractivity contribution is 0.261. The van der Waals surface area contributed by atoms with Crippen molar-refractivity contribution in [2.75, 3.05) is 6.61 Å². The highest BCUT2D eigenvalue weighted by atomic mass is 35.5. The van der Waals surface area contributed by atoms with Crippen molar-refractivity contribution in [3.05, 3.63) is 23.0 Å². The summed E-state index contributed by atoms with van der Waals surface area (Å²) in [4.78, 5) is 4.31.